The maximum atomic E-state index is 12.6. The fourth-order valence-electron chi connectivity index (χ4n) is 2.60. The second-order valence-electron chi connectivity index (χ2n) is 5.77. The Morgan fingerprint density at radius 2 is 2.12 bits per heavy atom. The van der Waals surface area contributed by atoms with E-state index in [1.54, 1.807) is 19.2 Å². The molecule has 1 unspecified atom stereocenters. The van der Waals surface area contributed by atoms with Crippen LogP contribution in [0.4, 0.5) is 10.8 Å². The Labute approximate surface area is 158 Å². The lowest BCUT2D eigenvalue weighted by Gasteiger charge is -2.21. The number of nitrogens with zero attached hydrogens (tertiary/aromatic N) is 1. The third kappa shape index (κ3) is 3.13. The van der Waals surface area contributed by atoms with Gasteiger partial charge in [-0.2, -0.15) is 0 Å². The van der Waals surface area contributed by atoms with Gasteiger partial charge in [0, 0.05) is 10.5 Å². The SMILES string of the molecule is COc1ccc2nc(NC(=O)c3ccc4c(c3)NC(=O)C(C)S4)sc2c1. The van der Waals surface area contributed by atoms with E-state index in [0.29, 0.717) is 16.4 Å². The van der Waals surface area contributed by atoms with Crippen LogP contribution < -0.4 is 15.4 Å². The summed E-state index contributed by atoms with van der Waals surface area (Å²) in [5.74, 6) is 0.424. The summed E-state index contributed by atoms with van der Waals surface area (Å²) in [4.78, 5) is 29.8. The molecule has 0 radical (unpaired) electrons. The minimum Gasteiger partial charge on any atom is -0.497 e. The minimum absolute atomic E-state index is 0.0554. The number of hydrogen-bond acceptors (Lipinski definition) is 6. The van der Waals surface area contributed by atoms with Crippen molar-refractivity contribution in [2.75, 3.05) is 17.7 Å². The van der Waals surface area contributed by atoms with Crippen LogP contribution in [0.3, 0.4) is 0 Å². The highest BCUT2D eigenvalue weighted by atomic mass is 32.2. The number of methoxy groups -OCH3 is 1. The zero-order valence-corrected chi connectivity index (χ0v) is 15.7. The van der Waals surface area contributed by atoms with Crippen molar-refractivity contribution in [3.63, 3.8) is 0 Å². The van der Waals surface area contributed by atoms with Gasteiger partial charge < -0.3 is 10.1 Å². The number of carbonyl (C=O) groups is 2. The zero-order valence-electron chi connectivity index (χ0n) is 14.0. The van der Waals surface area contributed by atoms with E-state index in [1.807, 2.05) is 31.2 Å². The van der Waals surface area contributed by atoms with Gasteiger partial charge in [-0.3, -0.25) is 14.9 Å². The molecule has 2 N–H and O–H groups in total. The zero-order chi connectivity index (χ0) is 18.3. The summed E-state index contributed by atoms with van der Waals surface area (Å²) >= 11 is 2.87. The molecule has 1 aromatic heterocycles. The molecule has 1 aliphatic heterocycles. The van der Waals surface area contributed by atoms with Gasteiger partial charge in [0.05, 0.1) is 28.3 Å². The number of rotatable bonds is 3. The van der Waals surface area contributed by atoms with E-state index in [1.165, 1.54) is 23.1 Å². The molecule has 0 aliphatic carbocycles. The minimum atomic E-state index is -0.267. The Balaban J connectivity index is 1.57. The smallest absolute Gasteiger partial charge is 0.257 e. The van der Waals surface area contributed by atoms with E-state index in [4.69, 9.17) is 4.74 Å². The number of thiazole rings is 1. The molecule has 2 aromatic carbocycles. The standard InChI is InChI=1S/C18H15N3O3S2/c1-9-16(22)19-13-7-10(3-6-14(13)25-9)17(23)21-18-20-12-5-4-11(24-2)8-15(12)26-18/h3-9H,1-2H3,(H,19,22)(H,20,21,23). The van der Waals surface area contributed by atoms with Crippen LogP contribution >= 0.6 is 23.1 Å². The van der Waals surface area contributed by atoms with Gasteiger partial charge in [-0.25, -0.2) is 4.98 Å². The molecule has 1 aliphatic rings. The molecule has 1 atom stereocenters. The molecule has 0 bridgehead atoms. The van der Waals surface area contributed by atoms with Crippen LogP contribution in [0.5, 0.6) is 5.75 Å². The van der Waals surface area contributed by atoms with Gasteiger partial charge in [-0.15, -0.1) is 11.8 Å². The summed E-state index contributed by atoms with van der Waals surface area (Å²) in [5, 5.41) is 6.04. The fraction of sp³-hybridized carbons (Fsp3) is 0.167. The Bertz CT molecular complexity index is 1030. The second kappa shape index (κ2) is 6.62. The van der Waals surface area contributed by atoms with Crippen LogP contribution in [-0.4, -0.2) is 29.2 Å². The van der Waals surface area contributed by atoms with Crippen molar-refractivity contribution in [1.29, 1.82) is 0 Å². The summed E-state index contributed by atoms with van der Waals surface area (Å²) in [6.07, 6.45) is 0. The molecule has 132 valence electrons. The van der Waals surface area contributed by atoms with E-state index < -0.39 is 0 Å². The average Bonchev–Trinajstić information content (AvgIpc) is 3.03. The molecule has 8 heteroatoms. The molecule has 3 aromatic rings. The first-order valence-electron chi connectivity index (χ1n) is 7.91. The van der Waals surface area contributed by atoms with Gasteiger partial charge in [-0.1, -0.05) is 11.3 Å². The number of carbonyl (C=O) groups excluding carboxylic acids is 2. The van der Waals surface area contributed by atoms with Crippen LogP contribution in [0.1, 0.15) is 17.3 Å². The second-order valence-corrected chi connectivity index (χ2v) is 8.18. The highest BCUT2D eigenvalue weighted by Crippen LogP contribution is 2.36. The maximum absolute atomic E-state index is 12.6. The van der Waals surface area contributed by atoms with Gasteiger partial charge in [0.25, 0.3) is 5.91 Å². The molecule has 0 saturated carbocycles. The molecule has 0 fully saturated rings. The van der Waals surface area contributed by atoms with Crippen LogP contribution in [0.2, 0.25) is 0 Å². The highest BCUT2D eigenvalue weighted by molar-refractivity contribution is 8.00. The quantitative estimate of drug-likeness (QED) is 0.713. The van der Waals surface area contributed by atoms with E-state index in [0.717, 1.165) is 20.9 Å². The maximum Gasteiger partial charge on any atom is 0.257 e. The molecule has 2 amide bonds. The highest BCUT2D eigenvalue weighted by Gasteiger charge is 2.24. The summed E-state index contributed by atoms with van der Waals surface area (Å²) < 4.78 is 6.14. The van der Waals surface area contributed by atoms with Gasteiger partial charge >= 0.3 is 0 Å². The summed E-state index contributed by atoms with van der Waals surface area (Å²) in [7, 11) is 1.61. The van der Waals surface area contributed by atoms with Crippen LogP contribution in [0.25, 0.3) is 10.2 Å². The normalized spacial score (nSPS) is 16.1. The van der Waals surface area contributed by atoms with E-state index in [2.05, 4.69) is 15.6 Å². The number of aromatic nitrogens is 1. The van der Waals surface area contributed by atoms with Gasteiger partial charge in [0.15, 0.2) is 5.13 Å². The first kappa shape index (κ1) is 16.9. The van der Waals surface area contributed by atoms with Crippen molar-refractivity contribution in [3.8, 4) is 5.75 Å². The number of fused-ring (bicyclic) bond motifs is 2. The Hall–Kier alpha value is -2.58. The Kier molecular flexibility index (Phi) is 4.29. The van der Waals surface area contributed by atoms with Crippen molar-refractivity contribution in [2.45, 2.75) is 17.1 Å². The lowest BCUT2D eigenvalue weighted by molar-refractivity contribution is -0.115. The number of ether oxygens (including phenoxy) is 1. The molecule has 2 heterocycles. The van der Waals surface area contributed by atoms with Crippen LogP contribution in [0, 0.1) is 0 Å². The lowest BCUT2D eigenvalue weighted by atomic mass is 10.2. The van der Waals surface area contributed by atoms with Gasteiger partial charge in [0.1, 0.15) is 5.75 Å². The molecule has 0 saturated heterocycles. The number of amides is 2. The molecular formula is C18H15N3O3S2. The first-order chi connectivity index (χ1) is 12.5. The predicted octanol–water partition coefficient (Wildman–Crippen LogP) is 3.99. The average molecular weight is 385 g/mol. The summed E-state index contributed by atoms with van der Waals surface area (Å²) in [5.41, 5.74) is 1.94. The number of benzene rings is 2. The monoisotopic (exact) mass is 385 g/mol. The molecular weight excluding hydrogens is 370 g/mol. The fourth-order valence-corrected chi connectivity index (χ4v) is 4.42. The van der Waals surface area contributed by atoms with Crippen molar-refractivity contribution in [3.05, 3.63) is 42.0 Å². The topological polar surface area (TPSA) is 80.3 Å². The van der Waals surface area contributed by atoms with Gasteiger partial charge in [0.2, 0.25) is 5.91 Å². The van der Waals surface area contributed by atoms with Crippen molar-refractivity contribution in [2.24, 2.45) is 0 Å². The third-order valence-electron chi connectivity index (χ3n) is 3.99. The molecule has 6 nitrogen and oxygen atoms in total. The van der Waals surface area contributed by atoms with Crippen LogP contribution in [-0.2, 0) is 4.79 Å². The van der Waals surface area contributed by atoms with E-state index >= 15 is 0 Å². The molecule has 4 rings (SSSR count). The van der Waals surface area contributed by atoms with Gasteiger partial charge in [-0.05, 0) is 43.3 Å². The number of anilines is 2. The van der Waals surface area contributed by atoms with Crippen molar-refractivity contribution in [1.82, 2.24) is 4.98 Å². The van der Waals surface area contributed by atoms with Crippen molar-refractivity contribution < 1.29 is 14.3 Å². The molecule has 0 spiro atoms. The summed E-state index contributed by atoms with van der Waals surface area (Å²) in [6.45, 7) is 1.85. The number of hydrogen-bond donors (Lipinski definition) is 2. The first-order valence-corrected chi connectivity index (χ1v) is 9.60. The molecule has 26 heavy (non-hydrogen) atoms. The van der Waals surface area contributed by atoms with E-state index in [9.17, 15) is 9.59 Å². The lowest BCUT2D eigenvalue weighted by Crippen LogP contribution is -2.26. The Morgan fingerprint density at radius 3 is 2.92 bits per heavy atom. The van der Waals surface area contributed by atoms with Crippen LogP contribution in [0.15, 0.2) is 41.3 Å². The third-order valence-corrected chi connectivity index (χ3v) is 6.10. The Morgan fingerprint density at radius 1 is 1.27 bits per heavy atom. The largest absolute Gasteiger partial charge is 0.497 e. The van der Waals surface area contributed by atoms with E-state index in [-0.39, 0.29) is 17.1 Å². The van der Waals surface area contributed by atoms with Crippen molar-refractivity contribution >= 4 is 55.9 Å². The summed E-state index contributed by atoms with van der Waals surface area (Å²) in [6, 6.07) is 10.9. The predicted molar refractivity (Wildman–Crippen MR) is 105 cm³/mol. The number of nitrogens with one attached hydrogen (secondary N) is 2. The number of thioether (sulfide) groups is 1.